The smallest absolute Gasteiger partial charge is 0.227 e. The number of rotatable bonds is 5. The minimum absolute atomic E-state index is 0.0711. The van der Waals surface area contributed by atoms with Gasteiger partial charge in [-0.15, -0.1) is 11.8 Å². The van der Waals surface area contributed by atoms with Gasteiger partial charge < -0.3 is 9.80 Å². The Balaban J connectivity index is 1.58. The fourth-order valence-corrected chi connectivity index (χ4v) is 4.19. The molecule has 0 radical (unpaired) electrons. The Labute approximate surface area is 167 Å². The molecule has 1 aliphatic rings. The lowest BCUT2D eigenvalue weighted by atomic mass is 10.1. The third kappa shape index (κ3) is 4.62. The average Bonchev–Trinajstić information content (AvgIpc) is 2.68. The first-order chi connectivity index (χ1) is 13.0. The maximum atomic E-state index is 13.9. The molecular formula is C20H20ClFN2O2S. The van der Waals surface area contributed by atoms with Gasteiger partial charge in [0.05, 0.1) is 5.69 Å². The minimum atomic E-state index is -0.444. The lowest BCUT2D eigenvalue weighted by molar-refractivity contribution is -0.132. The molecule has 142 valence electrons. The molecule has 1 aliphatic heterocycles. The van der Waals surface area contributed by atoms with Crippen LogP contribution in [0.3, 0.4) is 0 Å². The number of nitrogens with zero attached hydrogens (tertiary/aromatic N) is 2. The number of hydrogen-bond donors (Lipinski definition) is 0. The monoisotopic (exact) mass is 406 g/mol. The highest BCUT2D eigenvalue weighted by atomic mass is 35.5. The summed E-state index contributed by atoms with van der Waals surface area (Å²) in [5, 5.41) is 0.285. The number of benzene rings is 2. The van der Waals surface area contributed by atoms with E-state index >= 15 is 0 Å². The van der Waals surface area contributed by atoms with Crippen molar-refractivity contribution in [1.82, 2.24) is 4.90 Å². The fraction of sp³-hybridized carbons (Fsp3) is 0.300. The van der Waals surface area contributed by atoms with Gasteiger partial charge in [-0.2, -0.15) is 0 Å². The van der Waals surface area contributed by atoms with E-state index in [1.54, 1.807) is 29.8 Å². The van der Waals surface area contributed by atoms with Gasteiger partial charge in [-0.25, -0.2) is 4.39 Å². The quantitative estimate of drug-likeness (QED) is 0.740. The van der Waals surface area contributed by atoms with E-state index in [9.17, 15) is 14.0 Å². The molecule has 2 amide bonds. The zero-order valence-electron chi connectivity index (χ0n) is 15.0. The summed E-state index contributed by atoms with van der Waals surface area (Å²) in [6.07, 6.45) is 0.195. The van der Waals surface area contributed by atoms with Crippen molar-refractivity contribution in [3.05, 3.63) is 58.9 Å². The number of carbonyl (C=O) groups excluding carboxylic acids is 2. The van der Waals surface area contributed by atoms with Gasteiger partial charge >= 0.3 is 0 Å². The molecule has 3 rings (SSSR count). The first kappa shape index (κ1) is 19.7. The van der Waals surface area contributed by atoms with Crippen molar-refractivity contribution in [3.8, 4) is 0 Å². The zero-order chi connectivity index (χ0) is 19.4. The maximum Gasteiger partial charge on any atom is 0.227 e. The predicted molar refractivity (Wildman–Crippen MR) is 107 cm³/mol. The van der Waals surface area contributed by atoms with Crippen LogP contribution >= 0.6 is 23.4 Å². The van der Waals surface area contributed by atoms with Gasteiger partial charge in [-0.3, -0.25) is 9.59 Å². The fourth-order valence-electron chi connectivity index (χ4n) is 2.98. The molecule has 27 heavy (non-hydrogen) atoms. The van der Waals surface area contributed by atoms with E-state index < -0.39 is 5.82 Å². The molecule has 2 aromatic carbocycles. The van der Waals surface area contributed by atoms with Crippen LogP contribution in [0.1, 0.15) is 18.4 Å². The SMILES string of the molecule is CN(Cc1c(F)cccc1Cl)C(=O)CCC(=O)N1CCSc2ccccc21. The third-order valence-corrected chi connectivity index (χ3v) is 5.86. The summed E-state index contributed by atoms with van der Waals surface area (Å²) < 4.78 is 13.9. The second-order valence-electron chi connectivity index (χ2n) is 6.31. The highest BCUT2D eigenvalue weighted by Gasteiger charge is 2.23. The van der Waals surface area contributed by atoms with Gasteiger partial charge in [0.15, 0.2) is 0 Å². The number of amides is 2. The number of para-hydroxylation sites is 1. The van der Waals surface area contributed by atoms with Crippen molar-refractivity contribution in [1.29, 1.82) is 0 Å². The molecule has 0 bridgehead atoms. The van der Waals surface area contributed by atoms with Gasteiger partial charge in [0, 0.05) is 54.2 Å². The van der Waals surface area contributed by atoms with E-state index in [1.807, 2.05) is 24.3 Å². The van der Waals surface area contributed by atoms with Crippen molar-refractivity contribution < 1.29 is 14.0 Å². The van der Waals surface area contributed by atoms with Crippen molar-refractivity contribution in [2.75, 3.05) is 24.2 Å². The Morgan fingerprint density at radius 1 is 1.19 bits per heavy atom. The first-order valence-corrected chi connectivity index (χ1v) is 10.0. The van der Waals surface area contributed by atoms with Crippen LogP contribution in [0.25, 0.3) is 0 Å². The molecule has 0 saturated heterocycles. The summed E-state index contributed by atoms with van der Waals surface area (Å²) in [4.78, 5) is 29.2. The van der Waals surface area contributed by atoms with Crippen LogP contribution in [-0.4, -0.2) is 36.1 Å². The van der Waals surface area contributed by atoms with E-state index in [-0.39, 0.29) is 41.8 Å². The second kappa shape index (κ2) is 8.76. The molecule has 0 N–H and O–H groups in total. The van der Waals surface area contributed by atoms with Gasteiger partial charge in [0.25, 0.3) is 0 Å². The van der Waals surface area contributed by atoms with Crippen molar-refractivity contribution in [2.24, 2.45) is 0 Å². The van der Waals surface area contributed by atoms with Crippen LogP contribution in [0.15, 0.2) is 47.4 Å². The minimum Gasteiger partial charge on any atom is -0.341 e. The molecule has 1 heterocycles. The molecule has 2 aromatic rings. The van der Waals surface area contributed by atoms with Gasteiger partial charge in [-0.05, 0) is 24.3 Å². The molecule has 0 fully saturated rings. The number of carbonyl (C=O) groups is 2. The van der Waals surface area contributed by atoms with Crippen molar-refractivity contribution in [2.45, 2.75) is 24.3 Å². The summed E-state index contributed by atoms with van der Waals surface area (Å²) in [6, 6.07) is 12.2. The number of thioether (sulfide) groups is 1. The molecule has 4 nitrogen and oxygen atoms in total. The second-order valence-corrected chi connectivity index (χ2v) is 7.86. The molecule has 7 heteroatoms. The van der Waals surface area contributed by atoms with Gasteiger partial charge in [-0.1, -0.05) is 29.8 Å². The Hall–Kier alpha value is -2.05. The highest BCUT2D eigenvalue weighted by Crippen LogP contribution is 2.34. The van der Waals surface area contributed by atoms with Crippen molar-refractivity contribution >= 4 is 40.9 Å². The summed E-state index contributed by atoms with van der Waals surface area (Å²) in [5.74, 6) is 0.0963. The Morgan fingerprint density at radius 2 is 1.96 bits per heavy atom. The summed E-state index contributed by atoms with van der Waals surface area (Å²) in [7, 11) is 1.59. The van der Waals surface area contributed by atoms with Crippen LogP contribution in [-0.2, 0) is 16.1 Å². The van der Waals surface area contributed by atoms with E-state index in [0.717, 1.165) is 16.3 Å². The van der Waals surface area contributed by atoms with Crippen molar-refractivity contribution in [3.63, 3.8) is 0 Å². The van der Waals surface area contributed by atoms with E-state index in [0.29, 0.717) is 6.54 Å². The van der Waals surface area contributed by atoms with Crippen LogP contribution in [0.4, 0.5) is 10.1 Å². The largest absolute Gasteiger partial charge is 0.341 e. The maximum absolute atomic E-state index is 13.9. The summed E-state index contributed by atoms with van der Waals surface area (Å²) >= 11 is 7.74. The molecular weight excluding hydrogens is 387 g/mol. The summed E-state index contributed by atoms with van der Waals surface area (Å²) in [6.45, 7) is 0.705. The molecule has 0 unspecified atom stereocenters. The van der Waals surface area contributed by atoms with Crippen LogP contribution in [0.5, 0.6) is 0 Å². The van der Waals surface area contributed by atoms with E-state index in [4.69, 9.17) is 11.6 Å². The Kier molecular flexibility index (Phi) is 6.39. The number of hydrogen-bond acceptors (Lipinski definition) is 3. The number of fused-ring (bicyclic) bond motifs is 1. The van der Waals surface area contributed by atoms with Crippen LogP contribution in [0, 0.1) is 5.82 Å². The topological polar surface area (TPSA) is 40.6 Å². The third-order valence-electron chi connectivity index (χ3n) is 4.47. The standard InChI is InChI=1S/C20H20ClFN2O2S/c1-23(13-14-15(21)5-4-6-16(14)22)19(25)9-10-20(26)24-11-12-27-18-8-3-2-7-17(18)24/h2-8H,9-13H2,1H3. The summed E-state index contributed by atoms with van der Waals surface area (Å²) in [5.41, 5.74) is 1.18. The van der Waals surface area contributed by atoms with E-state index in [1.165, 1.54) is 17.0 Å². The average molecular weight is 407 g/mol. The normalized spacial score (nSPS) is 13.2. The lowest BCUT2D eigenvalue weighted by Crippen LogP contribution is -2.36. The van der Waals surface area contributed by atoms with E-state index in [2.05, 4.69) is 0 Å². The predicted octanol–water partition coefficient (Wildman–Crippen LogP) is 4.36. The molecule has 0 atom stereocenters. The van der Waals surface area contributed by atoms with Gasteiger partial charge in [0.1, 0.15) is 5.82 Å². The van der Waals surface area contributed by atoms with Gasteiger partial charge in [0.2, 0.25) is 11.8 Å². The molecule has 0 spiro atoms. The Bertz CT molecular complexity index is 841. The molecule has 0 aliphatic carbocycles. The number of anilines is 1. The highest BCUT2D eigenvalue weighted by molar-refractivity contribution is 7.99. The lowest BCUT2D eigenvalue weighted by Gasteiger charge is -2.29. The Morgan fingerprint density at radius 3 is 2.74 bits per heavy atom. The molecule has 0 saturated carbocycles. The zero-order valence-corrected chi connectivity index (χ0v) is 16.5. The van der Waals surface area contributed by atoms with Crippen LogP contribution in [0.2, 0.25) is 5.02 Å². The first-order valence-electron chi connectivity index (χ1n) is 8.66. The molecule has 0 aromatic heterocycles. The van der Waals surface area contributed by atoms with Crippen LogP contribution < -0.4 is 4.90 Å². The number of halogens is 2.